The van der Waals surface area contributed by atoms with Crippen molar-refractivity contribution < 1.29 is 4.79 Å². The highest BCUT2D eigenvalue weighted by Crippen LogP contribution is 2.28. The average molecular weight is 343 g/mol. The Bertz CT molecular complexity index is 448. The van der Waals surface area contributed by atoms with Crippen molar-refractivity contribution in [3.63, 3.8) is 0 Å². The lowest BCUT2D eigenvalue weighted by Crippen LogP contribution is -2.43. The number of carbonyl (C=O) groups is 1. The lowest BCUT2D eigenvalue weighted by atomic mass is 9.88. The molecule has 0 bridgehead atoms. The fourth-order valence-electron chi connectivity index (χ4n) is 3.20. The molecule has 2 aliphatic heterocycles. The van der Waals surface area contributed by atoms with Crippen molar-refractivity contribution in [3.8, 4) is 0 Å². The third-order valence-electron chi connectivity index (χ3n) is 4.28. The maximum Gasteiger partial charge on any atom is 0.263 e. The van der Waals surface area contributed by atoms with Crippen molar-refractivity contribution in [1.29, 1.82) is 0 Å². The zero-order valence-electron chi connectivity index (χ0n) is 10.9. The van der Waals surface area contributed by atoms with Gasteiger partial charge in [-0.3, -0.25) is 4.79 Å². The number of amides is 1. The summed E-state index contributed by atoms with van der Waals surface area (Å²) in [6.07, 6.45) is 4.93. The monoisotopic (exact) mass is 342 g/mol. The molecule has 0 spiro atoms. The zero-order valence-corrected chi connectivity index (χ0v) is 13.3. The molecule has 1 aromatic rings. The molecule has 0 aliphatic carbocycles. The van der Waals surface area contributed by atoms with Crippen LogP contribution < -0.4 is 5.32 Å². The summed E-state index contributed by atoms with van der Waals surface area (Å²) in [6.45, 7) is 3.00. The Morgan fingerprint density at radius 2 is 2.11 bits per heavy atom. The first-order chi connectivity index (χ1) is 9.24. The highest BCUT2D eigenvalue weighted by molar-refractivity contribution is 9.11. The van der Waals surface area contributed by atoms with Crippen molar-refractivity contribution in [2.45, 2.75) is 31.7 Å². The van der Waals surface area contributed by atoms with Gasteiger partial charge in [-0.1, -0.05) is 0 Å². The molecule has 1 N–H and O–H groups in total. The van der Waals surface area contributed by atoms with Crippen molar-refractivity contribution >= 4 is 33.2 Å². The minimum atomic E-state index is 0.202. The second kappa shape index (κ2) is 5.94. The molecular weight excluding hydrogens is 324 g/mol. The van der Waals surface area contributed by atoms with Gasteiger partial charge in [0, 0.05) is 19.1 Å². The van der Waals surface area contributed by atoms with Crippen molar-refractivity contribution in [3.05, 3.63) is 20.8 Å². The van der Waals surface area contributed by atoms with Crippen LogP contribution in [0.5, 0.6) is 0 Å². The molecule has 5 heteroatoms. The summed E-state index contributed by atoms with van der Waals surface area (Å²) < 4.78 is 1.03. The number of piperidine rings is 1. The predicted octanol–water partition coefficient (Wildman–Crippen LogP) is 3.11. The number of thiophene rings is 1. The Morgan fingerprint density at radius 3 is 2.68 bits per heavy atom. The van der Waals surface area contributed by atoms with Gasteiger partial charge in [0.05, 0.1) is 8.66 Å². The Morgan fingerprint density at radius 1 is 1.32 bits per heavy atom. The van der Waals surface area contributed by atoms with Gasteiger partial charge in [0.25, 0.3) is 5.91 Å². The predicted molar refractivity (Wildman–Crippen MR) is 81.7 cm³/mol. The van der Waals surface area contributed by atoms with E-state index in [0.717, 1.165) is 40.5 Å². The summed E-state index contributed by atoms with van der Waals surface area (Å²) in [5.41, 5.74) is 0. The van der Waals surface area contributed by atoms with Crippen molar-refractivity contribution in [2.75, 3.05) is 19.6 Å². The quantitative estimate of drug-likeness (QED) is 0.895. The van der Waals surface area contributed by atoms with Gasteiger partial charge in [-0.05, 0) is 66.2 Å². The lowest BCUT2D eigenvalue weighted by molar-refractivity contribution is 0.0679. The van der Waals surface area contributed by atoms with Crippen LogP contribution in [0.4, 0.5) is 0 Å². The van der Waals surface area contributed by atoms with E-state index in [1.165, 1.54) is 30.7 Å². The molecule has 0 radical (unpaired) electrons. The van der Waals surface area contributed by atoms with E-state index in [2.05, 4.69) is 21.2 Å². The lowest BCUT2D eigenvalue weighted by Gasteiger charge is -2.34. The summed E-state index contributed by atoms with van der Waals surface area (Å²) in [5.74, 6) is 0.968. The molecule has 2 saturated heterocycles. The van der Waals surface area contributed by atoms with Crippen LogP contribution in [0.15, 0.2) is 15.9 Å². The molecule has 3 heterocycles. The number of rotatable bonds is 2. The fourth-order valence-corrected chi connectivity index (χ4v) is 4.56. The highest BCUT2D eigenvalue weighted by atomic mass is 79.9. The molecule has 1 atom stereocenters. The standard InChI is InChI=1S/C14H19BrN2OS/c15-13-4-3-12(19-13)14(18)17-8-5-10(6-9-17)11-2-1-7-16-11/h3-4,10-11,16H,1-2,5-9H2. The third kappa shape index (κ3) is 3.03. The Balaban J connectivity index is 1.56. The van der Waals surface area contributed by atoms with E-state index in [-0.39, 0.29) is 5.91 Å². The van der Waals surface area contributed by atoms with Crippen LogP contribution in [-0.4, -0.2) is 36.5 Å². The summed E-state index contributed by atoms with van der Waals surface area (Å²) in [7, 11) is 0. The van der Waals surface area contributed by atoms with Crippen LogP contribution in [0, 0.1) is 5.92 Å². The van der Waals surface area contributed by atoms with Gasteiger partial charge in [-0.2, -0.15) is 0 Å². The molecular formula is C14H19BrN2OS. The molecule has 104 valence electrons. The Hall–Kier alpha value is -0.390. The minimum absolute atomic E-state index is 0.202. The topological polar surface area (TPSA) is 32.3 Å². The largest absolute Gasteiger partial charge is 0.338 e. The second-order valence-electron chi connectivity index (χ2n) is 5.44. The van der Waals surface area contributed by atoms with E-state index in [0.29, 0.717) is 6.04 Å². The van der Waals surface area contributed by atoms with E-state index < -0.39 is 0 Å². The minimum Gasteiger partial charge on any atom is -0.338 e. The second-order valence-corrected chi connectivity index (χ2v) is 7.90. The average Bonchev–Trinajstić information content (AvgIpc) is 3.09. The van der Waals surface area contributed by atoms with Crippen LogP contribution in [0.1, 0.15) is 35.4 Å². The molecule has 2 aliphatic rings. The Kier molecular flexibility index (Phi) is 4.24. The first-order valence-corrected chi connectivity index (χ1v) is 8.63. The summed E-state index contributed by atoms with van der Waals surface area (Å²) >= 11 is 4.95. The smallest absolute Gasteiger partial charge is 0.263 e. The Labute approximate surface area is 126 Å². The first kappa shape index (κ1) is 13.6. The number of likely N-dealkylation sites (tertiary alicyclic amines) is 1. The molecule has 0 aromatic carbocycles. The number of nitrogens with zero attached hydrogens (tertiary/aromatic N) is 1. The number of halogens is 1. The normalized spacial score (nSPS) is 24.9. The first-order valence-electron chi connectivity index (χ1n) is 7.02. The van der Waals surface area contributed by atoms with E-state index in [9.17, 15) is 4.79 Å². The van der Waals surface area contributed by atoms with Crippen LogP contribution in [-0.2, 0) is 0 Å². The van der Waals surface area contributed by atoms with Crippen LogP contribution in [0.2, 0.25) is 0 Å². The summed E-state index contributed by atoms with van der Waals surface area (Å²) in [6, 6.07) is 4.57. The maximum atomic E-state index is 12.3. The van der Waals surface area contributed by atoms with Gasteiger partial charge < -0.3 is 10.2 Å². The summed E-state index contributed by atoms with van der Waals surface area (Å²) in [5, 5.41) is 3.60. The van der Waals surface area contributed by atoms with E-state index in [1.54, 1.807) is 0 Å². The maximum absolute atomic E-state index is 12.3. The van der Waals surface area contributed by atoms with Crippen LogP contribution in [0.3, 0.4) is 0 Å². The molecule has 1 amide bonds. The molecule has 1 unspecified atom stereocenters. The number of nitrogens with one attached hydrogen (secondary N) is 1. The molecule has 3 nitrogen and oxygen atoms in total. The van der Waals surface area contributed by atoms with Crippen molar-refractivity contribution in [1.82, 2.24) is 10.2 Å². The van der Waals surface area contributed by atoms with Gasteiger partial charge in [0.2, 0.25) is 0 Å². The molecule has 2 fully saturated rings. The van der Waals surface area contributed by atoms with Gasteiger partial charge in [-0.25, -0.2) is 0 Å². The third-order valence-corrected chi connectivity index (χ3v) is 5.89. The van der Waals surface area contributed by atoms with Gasteiger partial charge in [-0.15, -0.1) is 11.3 Å². The zero-order chi connectivity index (χ0) is 13.2. The van der Waals surface area contributed by atoms with E-state index >= 15 is 0 Å². The van der Waals surface area contributed by atoms with E-state index in [1.807, 2.05) is 17.0 Å². The summed E-state index contributed by atoms with van der Waals surface area (Å²) in [4.78, 5) is 15.2. The molecule has 1 aromatic heterocycles. The van der Waals surface area contributed by atoms with Crippen molar-refractivity contribution in [2.24, 2.45) is 5.92 Å². The number of hydrogen-bond acceptors (Lipinski definition) is 3. The highest BCUT2D eigenvalue weighted by Gasteiger charge is 2.30. The van der Waals surface area contributed by atoms with Gasteiger partial charge in [0.15, 0.2) is 0 Å². The van der Waals surface area contributed by atoms with Gasteiger partial charge in [0.1, 0.15) is 0 Å². The van der Waals surface area contributed by atoms with Crippen LogP contribution >= 0.6 is 27.3 Å². The number of hydrogen-bond donors (Lipinski definition) is 1. The molecule has 19 heavy (non-hydrogen) atoms. The van der Waals surface area contributed by atoms with E-state index in [4.69, 9.17) is 0 Å². The molecule has 3 rings (SSSR count). The molecule has 0 saturated carbocycles. The SMILES string of the molecule is O=C(c1ccc(Br)s1)N1CCC(C2CCCN2)CC1. The van der Waals surface area contributed by atoms with Gasteiger partial charge >= 0.3 is 0 Å². The van der Waals surface area contributed by atoms with Crippen LogP contribution in [0.25, 0.3) is 0 Å². The fraction of sp³-hybridized carbons (Fsp3) is 0.643. The number of carbonyl (C=O) groups excluding carboxylic acids is 1.